The molecule has 0 spiro atoms. The topological polar surface area (TPSA) is 81.8 Å². The van der Waals surface area contributed by atoms with E-state index < -0.39 is 5.97 Å². The number of hydrogen-bond donors (Lipinski definition) is 2. The number of rotatable bonds is 10. The summed E-state index contributed by atoms with van der Waals surface area (Å²) in [6.07, 6.45) is 3.45. The number of carboxylic acids is 1. The first kappa shape index (κ1) is 23.9. The number of para-hydroxylation sites is 1. The predicted octanol–water partition coefficient (Wildman–Crippen LogP) is 5.27. The molecular weight excluding hydrogens is 433 g/mol. The van der Waals surface area contributed by atoms with Crippen molar-refractivity contribution in [2.24, 2.45) is 5.73 Å². The van der Waals surface area contributed by atoms with Gasteiger partial charge in [0, 0.05) is 24.3 Å². The van der Waals surface area contributed by atoms with Crippen LogP contribution in [0.3, 0.4) is 0 Å². The Morgan fingerprint density at radius 2 is 1.94 bits per heavy atom. The van der Waals surface area contributed by atoms with Crippen LogP contribution in [0.1, 0.15) is 41.5 Å². The Labute approximate surface area is 199 Å². The van der Waals surface area contributed by atoms with Crippen LogP contribution in [0.2, 0.25) is 0 Å². The van der Waals surface area contributed by atoms with Gasteiger partial charge < -0.3 is 20.3 Å². The van der Waals surface area contributed by atoms with Crippen molar-refractivity contribution in [3.63, 3.8) is 0 Å². The zero-order valence-corrected chi connectivity index (χ0v) is 19.1. The van der Waals surface area contributed by atoms with E-state index in [1.807, 2.05) is 36.4 Å². The quantitative estimate of drug-likeness (QED) is 0.428. The largest absolute Gasteiger partial charge is 0.489 e. The average molecular weight is 464 g/mol. The number of nitrogens with two attached hydrogens (primary N) is 1. The minimum Gasteiger partial charge on any atom is -0.489 e. The Hall–Kier alpha value is -3.22. The average Bonchev–Trinajstić information content (AvgIpc) is 3.37. The number of hydrogen-bond acceptors (Lipinski definition) is 4. The molecule has 1 fully saturated rings. The molecule has 0 aromatic heterocycles. The van der Waals surface area contributed by atoms with Gasteiger partial charge in [-0.25, -0.2) is 4.39 Å². The summed E-state index contributed by atoms with van der Waals surface area (Å²) < 4.78 is 27.4. The van der Waals surface area contributed by atoms with Crippen LogP contribution in [0.15, 0.2) is 60.7 Å². The normalized spacial score (nSPS) is 15.4. The first-order chi connectivity index (χ1) is 16.5. The summed E-state index contributed by atoms with van der Waals surface area (Å²) in [6, 6.07) is 18.3. The smallest absolute Gasteiger partial charge is 0.307 e. The molecule has 1 aliphatic rings. The Morgan fingerprint density at radius 3 is 2.71 bits per heavy atom. The summed E-state index contributed by atoms with van der Waals surface area (Å²) in [6.45, 7) is 1.35. The molecule has 0 radical (unpaired) electrons. The van der Waals surface area contributed by atoms with Crippen molar-refractivity contribution < 1.29 is 23.8 Å². The molecule has 34 heavy (non-hydrogen) atoms. The van der Waals surface area contributed by atoms with Gasteiger partial charge in [-0.3, -0.25) is 4.79 Å². The molecule has 1 atom stereocenters. The number of aryl methyl sites for hydroxylation is 1. The van der Waals surface area contributed by atoms with E-state index >= 15 is 4.39 Å². The molecule has 0 aliphatic carbocycles. The van der Waals surface area contributed by atoms with Crippen molar-refractivity contribution in [2.75, 3.05) is 6.61 Å². The van der Waals surface area contributed by atoms with Gasteiger partial charge >= 0.3 is 5.97 Å². The molecule has 4 rings (SSSR count). The van der Waals surface area contributed by atoms with E-state index in [4.69, 9.17) is 15.2 Å². The second-order valence-electron chi connectivity index (χ2n) is 8.66. The van der Waals surface area contributed by atoms with Gasteiger partial charge in [-0.15, -0.1) is 0 Å². The van der Waals surface area contributed by atoms with E-state index in [1.165, 1.54) is 0 Å². The van der Waals surface area contributed by atoms with Gasteiger partial charge in [0.15, 0.2) is 0 Å². The van der Waals surface area contributed by atoms with Gasteiger partial charge in [-0.2, -0.15) is 0 Å². The maximum absolute atomic E-state index is 15.6. The van der Waals surface area contributed by atoms with E-state index in [9.17, 15) is 9.90 Å². The summed E-state index contributed by atoms with van der Waals surface area (Å²) in [5.74, 6) is -0.639. The molecule has 5 nitrogen and oxygen atoms in total. The molecule has 3 aromatic carbocycles. The van der Waals surface area contributed by atoms with Crippen LogP contribution in [0, 0.1) is 5.82 Å². The highest BCUT2D eigenvalue weighted by atomic mass is 19.1. The molecule has 178 valence electrons. The number of benzene rings is 3. The van der Waals surface area contributed by atoms with Crippen LogP contribution >= 0.6 is 0 Å². The van der Waals surface area contributed by atoms with Gasteiger partial charge in [-0.05, 0) is 72.2 Å². The number of ether oxygens (including phenoxy) is 2. The summed E-state index contributed by atoms with van der Waals surface area (Å²) in [7, 11) is 0. The molecular formula is C28H30FNO4. The zero-order chi connectivity index (χ0) is 23.9. The van der Waals surface area contributed by atoms with Gasteiger partial charge in [-0.1, -0.05) is 36.4 Å². The number of aliphatic carboxylic acids is 1. The number of carboxylic acid groups (broad SMARTS) is 1. The third kappa shape index (κ3) is 6.01. The predicted molar refractivity (Wildman–Crippen MR) is 129 cm³/mol. The lowest BCUT2D eigenvalue weighted by Gasteiger charge is -2.16. The van der Waals surface area contributed by atoms with Crippen LogP contribution < -0.4 is 10.5 Å². The second kappa shape index (κ2) is 11.3. The monoisotopic (exact) mass is 463 g/mol. The van der Waals surface area contributed by atoms with E-state index in [-0.39, 0.29) is 24.9 Å². The lowest BCUT2D eigenvalue weighted by molar-refractivity contribution is -0.136. The molecule has 3 aromatic rings. The summed E-state index contributed by atoms with van der Waals surface area (Å²) in [5.41, 5.74) is 10.1. The SMILES string of the molecule is NCc1cccc(-c2cc(COc3ccccc3CC(=O)O)cc(CCC3CCCO3)c2F)c1. The lowest BCUT2D eigenvalue weighted by Crippen LogP contribution is -2.09. The van der Waals surface area contributed by atoms with E-state index in [2.05, 4.69) is 0 Å². The van der Waals surface area contributed by atoms with Crippen LogP contribution in [-0.4, -0.2) is 23.8 Å². The minimum absolute atomic E-state index is 0.122. The maximum Gasteiger partial charge on any atom is 0.307 e. The van der Waals surface area contributed by atoms with Crippen molar-refractivity contribution in [2.45, 2.75) is 51.4 Å². The molecule has 6 heteroatoms. The second-order valence-corrected chi connectivity index (χ2v) is 8.66. The van der Waals surface area contributed by atoms with Gasteiger partial charge in [0.25, 0.3) is 0 Å². The molecule has 3 N–H and O–H groups in total. The third-order valence-electron chi connectivity index (χ3n) is 6.15. The van der Waals surface area contributed by atoms with Crippen molar-refractivity contribution in [1.82, 2.24) is 0 Å². The highest BCUT2D eigenvalue weighted by molar-refractivity contribution is 5.71. The van der Waals surface area contributed by atoms with Crippen molar-refractivity contribution in [1.29, 1.82) is 0 Å². The summed E-state index contributed by atoms with van der Waals surface area (Å²) in [4.78, 5) is 11.2. The van der Waals surface area contributed by atoms with E-state index in [0.717, 1.165) is 42.6 Å². The van der Waals surface area contributed by atoms with Crippen LogP contribution in [0.5, 0.6) is 5.75 Å². The molecule has 0 saturated carbocycles. The first-order valence-electron chi connectivity index (χ1n) is 11.7. The van der Waals surface area contributed by atoms with Crippen LogP contribution in [0.25, 0.3) is 11.1 Å². The standard InChI is InChI=1S/C28H30FNO4/c29-28-23(10-11-24-8-4-12-33-24)14-20(15-25(28)21-7-3-5-19(13-21)17-30)18-34-26-9-2-1-6-22(26)16-27(31)32/h1-3,5-7,9,13-15,24H,4,8,10-12,16-18,30H2,(H,31,32). The molecule has 1 saturated heterocycles. The first-order valence-corrected chi connectivity index (χ1v) is 11.7. The van der Waals surface area contributed by atoms with E-state index in [0.29, 0.717) is 35.4 Å². The highest BCUT2D eigenvalue weighted by Crippen LogP contribution is 2.30. The minimum atomic E-state index is -0.920. The van der Waals surface area contributed by atoms with Crippen LogP contribution in [0.4, 0.5) is 4.39 Å². The fourth-order valence-corrected chi connectivity index (χ4v) is 4.39. The molecule has 1 heterocycles. The highest BCUT2D eigenvalue weighted by Gasteiger charge is 2.19. The fraction of sp³-hybridized carbons (Fsp3) is 0.321. The van der Waals surface area contributed by atoms with Crippen molar-refractivity contribution in [3.8, 4) is 16.9 Å². The Morgan fingerprint density at radius 1 is 1.09 bits per heavy atom. The molecule has 1 unspecified atom stereocenters. The lowest BCUT2D eigenvalue weighted by atomic mass is 9.95. The molecule has 1 aliphatic heterocycles. The Balaban J connectivity index is 1.63. The number of carbonyl (C=O) groups is 1. The van der Waals surface area contributed by atoms with Crippen molar-refractivity contribution in [3.05, 3.63) is 88.7 Å². The fourth-order valence-electron chi connectivity index (χ4n) is 4.39. The molecule has 0 bridgehead atoms. The summed E-state index contributed by atoms with van der Waals surface area (Å²) in [5, 5.41) is 9.18. The van der Waals surface area contributed by atoms with Gasteiger partial charge in [0.2, 0.25) is 0 Å². The Bertz CT molecular complexity index is 1140. The van der Waals surface area contributed by atoms with Gasteiger partial charge in [0.1, 0.15) is 18.2 Å². The van der Waals surface area contributed by atoms with Crippen LogP contribution in [-0.2, 0) is 35.5 Å². The summed E-state index contributed by atoms with van der Waals surface area (Å²) >= 11 is 0. The van der Waals surface area contributed by atoms with Gasteiger partial charge in [0.05, 0.1) is 12.5 Å². The number of halogens is 1. The third-order valence-corrected chi connectivity index (χ3v) is 6.15. The maximum atomic E-state index is 15.6. The molecule has 0 amide bonds. The van der Waals surface area contributed by atoms with Crippen molar-refractivity contribution >= 4 is 5.97 Å². The van der Waals surface area contributed by atoms with E-state index in [1.54, 1.807) is 24.3 Å². The zero-order valence-electron chi connectivity index (χ0n) is 19.1. The Kier molecular flexibility index (Phi) is 7.93.